The van der Waals surface area contributed by atoms with E-state index in [1.165, 1.54) is 5.56 Å². The van der Waals surface area contributed by atoms with Gasteiger partial charge in [0.2, 0.25) is 5.95 Å². The second-order valence-corrected chi connectivity index (χ2v) is 9.30. The van der Waals surface area contributed by atoms with E-state index in [-0.39, 0.29) is 0 Å². The van der Waals surface area contributed by atoms with Crippen LogP contribution >= 0.6 is 0 Å². The molecule has 6 rings (SSSR count). The number of methoxy groups -OCH3 is 3. The maximum atomic E-state index is 5.62. The van der Waals surface area contributed by atoms with E-state index >= 15 is 0 Å². The minimum absolute atomic E-state index is 0.320. The molecule has 8 nitrogen and oxygen atoms in total. The lowest BCUT2D eigenvalue weighted by Crippen LogP contribution is -2.21. The zero-order valence-corrected chi connectivity index (χ0v) is 21.1. The fraction of sp³-hybridized carbons (Fsp3) is 0.276. The number of fused-ring (bicyclic) bond motifs is 3. The minimum Gasteiger partial charge on any atom is -0.497 e. The van der Waals surface area contributed by atoms with Gasteiger partial charge < -0.3 is 19.5 Å². The molecule has 0 bridgehead atoms. The fourth-order valence-electron chi connectivity index (χ4n) is 5.07. The molecule has 0 aliphatic heterocycles. The Morgan fingerprint density at radius 2 is 1.65 bits per heavy atom. The normalized spacial score (nSPS) is 16.9. The van der Waals surface area contributed by atoms with Crippen LogP contribution in [0, 0.1) is 0 Å². The van der Waals surface area contributed by atoms with Crippen molar-refractivity contribution in [2.75, 3.05) is 26.6 Å². The standard InChI is InChI=1S/C29H29N5O3/c1-35-22-13-12-19(25(16-22)37-3)17-30-29-31-26-23(10-7-11-24(26)36-2)28-32-27(33-34(28)29)21-14-20(15-21)18-8-5-4-6-9-18/h4-13,16,20-21H,14-15,17H2,1-3H3,(H,30,31). The first-order valence-electron chi connectivity index (χ1n) is 12.4. The number of aromatic nitrogens is 4. The zero-order chi connectivity index (χ0) is 25.4. The highest BCUT2D eigenvalue weighted by Gasteiger charge is 2.34. The summed E-state index contributed by atoms with van der Waals surface area (Å²) in [6.45, 7) is 0.491. The maximum Gasteiger partial charge on any atom is 0.226 e. The lowest BCUT2D eigenvalue weighted by atomic mass is 9.71. The molecule has 1 aliphatic rings. The van der Waals surface area contributed by atoms with Crippen LogP contribution in [0.5, 0.6) is 17.2 Å². The molecular formula is C29H29N5O3. The van der Waals surface area contributed by atoms with Crippen molar-refractivity contribution >= 4 is 22.5 Å². The van der Waals surface area contributed by atoms with E-state index in [1.54, 1.807) is 21.3 Å². The summed E-state index contributed by atoms with van der Waals surface area (Å²) in [5.41, 5.74) is 3.88. The van der Waals surface area contributed by atoms with E-state index in [0.29, 0.717) is 30.1 Å². The summed E-state index contributed by atoms with van der Waals surface area (Å²) < 4.78 is 18.4. The van der Waals surface area contributed by atoms with Crippen LogP contribution in [0.2, 0.25) is 0 Å². The molecule has 0 saturated heterocycles. The first-order valence-corrected chi connectivity index (χ1v) is 12.4. The third-order valence-electron chi connectivity index (χ3n) is 7.21. The molecule has 5 aromatic rings. The molecular weight excluding hydrogens is 466 g/mol. The van der Waals surface area contributed by atoms with Crippen LogP contribution in [0.15, 0.2) is 66.7 Å². The van der Waals surface area contributed by atoms with Crippen LogP contribution in [0.4, 0.5) is 5.95 Å². The van der Waals surface area contributed by atoms with Crippen LogP contribution in [0.1, 0.15) is 41.6 Å². The van der Waals surface area contributed by atoms with Gasteiger partial charge in [0.05, 0.1) is 21.3 Å². The number of hydrogen-bond acceptors (Lipinski definition) is 7. The smallest absolute Gasteiger partial charge is 0.226 e. The van der Waals surface area contributed by atoms with Crippen molar-refractivity contribution in [2.45, 2.75) is 31.2 Å². The monoisotopic (exact) mass is 495 g/mol. The number of nitrogens with zero attached hydrogens (tertiary/aromatic N) is 4. The highest BCUT2D eigenvalue weighted by molar-refractivity contribution is 5.96. The average Bonchev–Trinajstić information content (AvgIpc) is 3.36. The number of ether oxygens (including phenoxy) is 3. The van der Waals surface area contributed by atoms with E-state index in [0.717, 1.165) is 52.3 Å². The summed E-state index contributed by atoms with van der Waals surface area (Å²) in [7, 11) is 4.95. The Hall–Kier alpha value is -4.33. The van der Waals surface area contributed by atoms with Gasteiger partial charge in [-0.2, -0.15) is 4.52 Å². The Kier molecular flexibility index (Phi) is 6.00. The Morgan fingerprint density at radius 3 is 2.41 bits per heavy atom. The summed E-state index contributed by atoms with van der Waals surface area (Å²) >= 11 is 0. The summed E-state index contributed by atoms with van der Waals surface area (Å²) in [4.78, 5) is 9.93. The van der Waals surface area contributed by atoms with Gasteiger partial charge in [-0.15, -0.1) is 5.10 Å². The number of nitrogens with one attached hydrogen (secondary N) is 1. The van der Waals surface area contributed by atoms with Gasteiger partial charge in [0.15, 0.2) is 11.5 Å². The Bertz CT molecular complexity index is 1560. The molecule has 0 atom stereocenters. The van der Waals surface area contributed by atoms with Gasteiger partial charge in [-0.3, -0.25) is 0 Å². The van der Waals surface area contributed by atoms with Crippen LogP contribution in [-0.2, 0) is 6.54 Å². The van der Waals surface area contributed by atoms with Crippen LogP contribution in [-0.4, -0.2) is 40.9 Å². The molecule has 2 heterocycles. The topological polar surface area (TPSA) is 82.8 Å². The predicted octanol–water partition coefficient (Wildman–Crippen LogP) is 5.58. The Morgan fingerprint density at radius 1 is 0.838 bits per heavy atom. The maximum absolute atomic E-state index is 5.62. The van der Waals surface area contributed by atoms with E-state index in [2.05, 4.69) is 35.6 Å². The van der Waals surface area contributed by atoms with Gasteiger partial charge in [-0.05, 0) is 48.6 Å². The molecule has 2 aromatic heterocycles. The highest BCUT2D eigenvalue weighted by atomic mass is 16.5. The molecule has 1 N–H and O–H groups in total. The first-order chi connectivity index (χ1) is 18.2. The van der Waals surface area contributed by atoms with Gasteiger partial charge in [0.1, 0.15) is 22.8 Å². The van der Waals surface area contributed by atoms with Crippen molar-refractivity contribution in [1.29, 1.82) is 0 Å². The lowest BCUT2D eigenvalue weighted by molar-refractivity contribution is 0.338. The minimum atomic E-state index is 0.320. The Labute approximate surface area is 215 Å². The summed E-state index contributed by atoms with van der Waals surface area (Å²) in [5, 5.41) is 9.30. The average molecular weight is 496 g/mol. The van der Waals surface area contributed by atoms with E-state index in [1.807, 2.05) is 40.9 Å². The van der Waals surface area contributed by atoms with Gasteiger partial charge >= 0.3 is 0 Å². The van der Waals surface area contributed by atoms with Crippen molar-refractivity contribution in [3.05, 3.63) is 83.7 Å². The molecule has 3 aromatic carbocycles. The van der Waals surface area contributed by atoms with Gasteiger partial charge in [-0.25, -0.2) is 9.97 Å². The number of para-hydroxylation sites is 1. The van der Waals surface area contributed by atoms with Crippen molar-refractivity contribution in [2.24, 2.45) is 0 Å². The first kappa shape index (κ1) is 23.1. The van der Waals surface area contributed by atoms with E-state index < -0.39 is 0 Å². The van der Waals surface area contributed by atoms with Crippen molar-refractivity contribution < 1.29 is 14.2 Å². The second kappa shape index (κ2) is 9.61. The van der Waals surface area contributed by atoms with E-state index in [9.17, 15) is 0 Å². The largest absolute Gasteiger partial charge is 0.497 e. The molecule has 0 unspecified atom stereocenters. The second-order valence-electron chi connectivity index (χ2n) is 9.30. The number of hydrogen-bond donors (Lipinski definition) is 1. The van der Waals surface area contributed by atoms with Gasteiger partial charge in [0, 0.05) is 29.5 Å². The molecule has 1 fully saturated rings. The van der Waals surface area contributed by atoms with Crippen molar-refractivity contribution in [1.82, 2.24) is 19.6 Å². The van der Waals surface area contributed by atoms with Crippen molar-refractivity contribution in [3.8, 4) is 17.2 Å². The molecule has 1 saturated carbocycles. The van der Waals surface area contributed by atoms with Crippen LogP contribution < -0.4 is 19.5 Å². The van der Waals surface area contributed by atoms with Gasteiger partial charge in [0.25, 0.3) is 0 Å². The molecule has 8 heteroatoms. The van der Waals surface area contributed by atoms with Crippen LogP contribution in [0.25, 0.3) is 16.6 Å². The predicted molar refractivity (Wildman–Crippen MR) is 143 cm³/mol. The molecule has 0 radical (unpaired) electrons. The summed E-state index contributed by atoms with van der Waals surface area (Å²) in [6, 6.07) is 22.3. The summed E-state index contributed by atoms with van der Waals surface area (Å²) in [6.07, 6.45) is 2.09. The molecule has 0 spiro atoms. The highest BCUT2D eigenvalue weighted by Crippen LogP contribution is 2.46. The zero-order valence-electron chi connectivity index (χ0n) is 21.1. The lowest BCUT2D eigenvalue weighted by Gasteiger charge is -2.33. The fourth-order valence-corrected chi connectivity index (χ4v) is 5.07. The third-order valence-corrected chi connectivity index (χ3v) is 7.21. The molecule has 37 heavy (non-hydrogen) atoms. The van der Waals surface area contributed by atoms with Crippen LogP contribution in [0.3, 0.4) is 0 Å². The number of benzene rings is 3. The van der Waals surface area contributed by atoms with Gasteiger partial charge in [-0.1, -0.05) is 36.4 Å². The quantitative estimate of drug-likeness (QED) is 0.301. The Balaban J connectivity index is 1.36. The molecule has 188 valence electrons. The number of rotatable bonds is 8. The van der Waals surface area contributed by atoms with Crippen molar-refractivity contribution in [3.63, 3.8) is 0 Å². The number of anilines is 1. The molecule has 1 aliphatic carbocycles. The summed E-state index contributed by atoms with van der Waals surface area (Å²) in [5.74, 6) is 4.50. The van der Waals surface area contributed by atoms with E-state index in [4.69, 9.17) is 29.3 Å². The third kappa shape index (κ3) is 4.18. The SMILES string of the molecule is COc1ccc(CNc2nc3c(OC)cccc3c3nc(C4CC(c5ccccc5)C4)nn23)c(OC)c1. The molecule has 0 amide bonds.